The molecule has 2 aromatic carbocycles. The lowest BCUT2D eigenvalue weighted by molar-refractivity contribution is -0.163. The summed E-state index contributed by atoms with van der Waals surface area (Å²) in [5, 5.41) is 8.57. The molecule has 0 aliphatic rings. The lowest BCUT2D eigenvalue weighted by Crippen LogP contribution is -2.19. The number of carboxylic acids is 1. The van der Waals surface area contributed by atoms with Gasteiger partial charge in [0.15, 0.2) is 0 Å². The first kappa shape index (κ1) is 21.4. The number of alkyl halides is 6. The minimum Gasteiger partial charge on any atom is -0.478 e. The molecule has 0 bridgehead atoms. The Kier molecular flexibility index (Phi) is 6.31. The molecular weight excluding hydrogens is 462 g/mol. The van der Waals surface area contributed by atoms with Crippen LogP contribution in [0.1, 0.15) is 16.7 Å². The van der Waals surface area contributed by atoms with E-state index >= 15 is 0 Å². The van der Waals surface area contributed by atoms with E-state index in [2.05, 4.69) is 15.9 Å². The number of aliphatic carboxylic acids is 1. The lowest BCUT2D eigenvalue weighted by atomic mass is 9.99. The van der Waals surface area contributed by atoms with Gasteiger partial charge in [0.1, 0.15) is 0 Å². The fourth-order valence-electron chi connectivity index (χ4n) is 2.23. The van der Waals surface area contributed by atoms with E-state index in [9.17, 15) is 31.1 Å². The molecule has 0 saturated carbocycles. The minimum atomic E-state index is -5.34. The monoisotopic (exact) mass is 470 g/mol. The standard InChI is InChI=1S/C17H9BrF6O2S/c18-10-2-1-3-11(8-10)27-12-6-4-9(5-7-13(25)26)14(16(19,20)21)15(12)17(22,23)24/h1-8H,(H,25,26)/b7-5+. The van der Waals surface area contributed by atoms with Gasteiger partial charge in [-0.15, -0.1) is 0 Å². The van der Waals surface area contributed by atoms with Crippen LogP contribution in [0, 0.1) is 0 Å². The highest BCUT2D eigenvalue weighted by Gasteiger charge is 2.46. The van der Waals surface area contributed by atoms with Crippen LogP contribution < -0.4 is 0 Å². The molecule has 2 rings (SSSR count). The van der Waals surface area contributed by atoms with Crippen molar-refractivity contribution in [2.24, 2.45) is 0 Å². The molecule has 0 atom stereocenters. The van der Waals surface area contributed by atoms with Gasteiger partial charge < -0.3 is 5.11 Å². The molecule has 0 fully saturated rings. The van der Waals surface area contributed by atoms with E-state index < -0.39 is 39.9 Å². The fraction of sp³-hybridized carbons (Fsp3) is 0.118. The SMILES string of the molecule is O=C(O)/C=C/c1ccc(Sc2cccc(Br)c2)c(C(F)(F)F)c1C(F)(F)F. The van der Waals surface area contributed by atoms with Crippen molar-refractivity contribution in [2.45, 2.75) is 22.1 Å². The van der Waals surface area contributed by atoms with Crippen molar-refractivity contribution in [3.63, 3.8) is 0 Å². The molecule has 0 heterocycles. The summed E-state index contributed by atoms with van der Waals surface area (Å²) in [6.45, 7) is 0. The van der Waals surface area contributed by atoms with Gasteiger partial charge in [0, 0.05) is 20.3 Å². The quantitative estimate of drug-likeness (QED) is 0.397. The van der Waals surface area contributed by atoms with Crippen molar-refractivity contribution in [3.8, 4) is 0 Å². The van der Waals surface area contributed by atoms with Crippen LogP contribution in [0.3, 0.4) is 0 Å². The van der Waals surface area contributed by atoms with Crippen molar-refractivity contribution in [3.05, 3.63) is 63.6 Å². The summed E-state index contributed by atoms with van der Waals surface area (Å²) in [6, 6.07) is 7.80. The zero-order valence-corrected chi connectivity index (χ0v) is 15.4. The van der Waals surface area contributed by atoms with E-state index in [1.54, 1.807) is 6.07 Å². The van der Waals surface area contributed by atoms with Crippen LogP contribution in [0.2, 0.25) is 0 Å². The van der Waals surface area contributed by atoms with Crippen LogP contribution in [0.15, 0.2) is 56.7 Å². The number of hydrogen-bond acceptors (Lipinski definition) is 2. The first-order valence-corrected chi connectivity index (χ1v) is 8.66. The van der Waals surface area contributed by atoms with Crippen molar-refractivity contribution >= 4 is 39.7 Å². The number of benzene rings is 2. The maximum Gasteiger partial charge on any atom is 0.418 e. The number of rotatable bonds is 4. The van der Waals surface area contributed by atoms with E-state index in [-0.39, 0.29) is 0 Å². The summed E-state index contributed by atoms with van der Waals surface area (Å²) in [4.78, 5) is 10.2. The highest BCUT2D eigenvalue weighted by molar-refractivity contribution is 9.10. The summed E-state index contributed by atoms with van der Waals surface area (Å²) in [7, 11) is 0. The Morgan fingerprint density at radius 3 is 2.15 bits per heavy atom. The molecule has 0 spiro atoms. The van der Waals surface area contributed by atoms with Gasteiger partial charge >= 0.3 is 18.3 Å². The molecule has 10 heteroatoms. The van der Waals surface area contributed by atoms with Gasteiger partial charge in [0.05, 0.1) is 11.1 Å². The van der Waals surface area contributed by atoms with Crippen molar-refractivity contribution in [1.82, 2.24) is 0 Å². The summed E-state index contributed by atoms with van der Waals surface area (Å²) in [5.74, 6) is -1.58. The molecule has 144 valence electrons. The van der Waals surface area contributed by atoms with Gasteiger partial charge in [0.25, 0.3) is 0 Å². The van der Waals surface area contributed by atoms with Gasteiger partial charge in [-0.25, -0.2) is 4.79 Å². The minimum absolute atomic E-state index is 0.303. The van der Waals surface area contributed by atoms with E-state index in [4.69, 9.17) is 5.11 Å². The first-order valence-electron chi connectivity index (χ1n) is 7.05. The topological polar surface area (TPSA) is 37.3 Å². The Labute approximate surface area is 162 Å². The average molecular weight is 471 g/mol. The van der Waals surface area contributed by atoms with Gasteiger partial charge in [-0.3, -0.25) is 0 Å². The fourth-order valence-corrected chi connectivity index (χ4v) is 3.82. The van der Waals surface area contributed by atoms with Crippen LogP contribution in [-0.4, -0.2) is 11.1 Å². The maximum atomic E-state index is 13.5. The average Bonchev–Trinajstić information content (AvgIpc) is 2.51. The number of halogens is 7. The Bertz CT molecular complexity index is 890. The van der Waals surface area contributed by atoms with Crippen molar-refractivity contribution in [1.29, 1.82) is 0 Å². The second-order valence-electron chi connectivity index (χ2n) is 5.13. The molecule has 0 radical (unpaired) electrons. The molecule has 0 amide bonds. The Morgan fingerprint density at radius 2 is 1.63 bits per heavy atom. The highest BCUT2D eigenvalue weighted by Crippen LogP contribution is 2.48. The first-order chi connectivity index (χ1) is 12.4. The van der Waals surface area contributed by atoms with E-state index in [0.717, 1.165) is 12.1 Å². The summed E-state index contributed by atoms with van der Waals surface area (Å²) >= 11 is 3.67. The number of hydrogen-bond donors (Lipinski definition) is 1. The Balaban J connectivity index is 2.73. The summed E-state index contributed by atoms with van der Waals surface area (Å²) < 4.78 is 81.5. The van der Waals surface area contributed by atoms with Crippen molar-refractivity contribution in [2.75, 3.05) is 0 Å². The van der Waals surface area contributed by atoms with Crippen LogP contribution in [0.4, 0.5) is 26.3 Å². The molecular formula is C17H9BrF6O2S. The summed E-state index contributed by atoms with van der Waals surface area (Å²) in [5.41, 5.74) is -4.66. The predicted octanol–water partition coefficient (Wildman–Crippen LogP) is 6.74. The van der Waals surface area contributed by atoms with E-state index in [1.165, 1.54) is 18.2 Å². The van der Waals surface area contributed by atoms with Gasteiger partial charge in [-0.1, -0.05) is 39.8 Å². The number of carboxylic acid groups (broad SMARTS) is 1. The third-order valence-electron chi connectivity index (χ3n) is 3.20. The largest absolute Gasteiger partial charge is 0.478 e. The van der Waals surface area contributed by atoms with E-state index in [1.807, 2.05) is 0 Å². The molecule has 0 aliphatic carbocycles. The Morgan fingerprint density at radius 1 is 1.00 bits per heavy atom. The molecule has 1 N–H and O–H groups in total. The highest BCUT2D eigenvalue weighted by atomic mass is 79.9. The molecule has 0 aromatic heterocycles. The molecule has 0 aliphatic heterocycles. The third kappa shape index (κ3) is 5.52. The lowest BCUT2D eigenvalue weighted by Gasteiger charge is -2.21. The normalized spacial score (nSPS) is 12.6. The predicted molar refractivity (Wildman–Crippen MR) is 91.4 cm³/mol. The van der Waals surface area contributed by atoms with Crippen LogP contribution in [-0.2, 0) is 17.1 Å². The number of carbonyl (C=O) groups is 1. The van der Waals surface area contributed by atoms with E-state index in [0.29, 0.717) is 33.3 Å². The van der Waals surface area contributed by atoms with Crippen LogP contribution in [0.25, 0.3) is 6.08 Å². The Hall–Kier alpha value is -1.94. The molecule has 0 unspecified atom stereocenters. The van der Waals surface area contributed by atoms with Crippen molar-refractivity contribution < 1.29 is 36.2 Å². The summed E-state index contributed by atoms with van der Waals surface area (Å²) in [6.07, 6.45) is -9.79. The second-order valence-corrected chi connectivity index (χ2v) is 7.16. The van der Waals surface area contributed by atoms with Gasteiger partial charge in [-0.2, -0.15) is 26.3 Å². The second kappa shape index (κ2) is 7.97. The third-order valence-corrected chi connectivity index (χ3v) is 4.74. The molecule has 2 aromatic rings. The molecule has 27 heavy (non-hydrogen) atoms. The molecule has 2 nitrogen and oxygen atoms in total. The molecule has 0 saturated heterocycles. The smallest absolute Gasteiger partial charge is 0.418 e. The van der Waals surface area contributed by atoms with Crippen LogP contribution in [0.5, 0.6) is 0 Å². The zero-order valence-electron chi connectivity index (χ0n) is 13.0. The maximum absolute atomic E-state index is 13.5. The van der Waals surface area contributed by atoms with Gasteiger partial charge in [0.2, 0.25) is 0 Å². The van der Waals surface area contributed by atoms with Gasteiger partial charge in [-0.05, 0) is 35.9 Å². The van der Waals surface area contributed by atoms with Crippen LogP contribution >= 0.6 is 27.7 Å². The zero-order chi connectivity index (χ0) is 20.4.